The average molecular weight is 292 g/mol. The Morgan fingerprint density at radius 1 is 1.30 bits per heavy atom. The van der Waals surface area contributed by atoms with Gasteiger partial charge in [0, 0.05) is 17.4 Å². The SMILES string of the molecule is NCC1CCCC1c1nc(Cc2ccccc2Cl)no1. The summed E-state index contributed by atoms with van der Waals surface area (Å²) in [6, 6.07) is 7.73. The van der Waals surface area contributed by atoms with Crippen LogP contribution in [0.15, 0.2) is 28.8 Å². The lowest BCUT2D eigenvalue weighted by atomic mass is 9.96. The van der Waals surface area contributed by atoms with E-state index < -0.39 is 0 Å². The molecule has 2 unspecified atom stereocenters. The van der Waals surface area contributed by atoms with Gasteiger partial charge in [0.05, 0.1) is 0 Å². The molecule has 1 fully saturated rings. The standard InChI is InChI=1S/C15H18ClN3O/c16-13-7-2-1-4-10(13)8-14-18-15(20-19-14)12-6-3-5-11(12)9-17/h1-2,4,7,11-12H,3,5-6,8-9,17H2. The van der Waals surface area contributed by atoms with E-state index in [0.717, 1.165) is 29.3 Å². The number of halogens is 1. The van der Waals surface area contributed by atoms with E-state index in [1.54, 1.807) is 0 Å². The Hall–Kier alpha value is -1.39. The summed E-state index contributed by atoms with van der Waals surface area (Å²) in [5, 5.41) is 4.82. The Kier molecular flexibility index (Phi) is 4.03. The maximum absolute atomic E-state index is 6.15. The molecule has 2 atom stereocenters. The van der Waals surface area contributed by atoms with Crippen molar-refractivity contribution in [1.29, 1.82) is 0 Å². The van der Waals surface area contributed by atoms with Gasteiger partial charge in [0.1, 0.15) is 0 Å². The molecule has 5 heteroatoms. The van der Waals surface area contributed by atoms with Crippen LogP contribution in [0.5, 0.6) is 0 Å². The van der Waals surface area contributed by atoms with Crippen molar-refractivity contribution in [2.45, 2.75) is 31.6 Å². The molecule has 0 spiro atoms. The summed E-state index contributed by atoms with van der Waals surface area (Å²) in [7, 11) is 0. The number of nitrogens with zero attached hydrogens (tertiary/aromatic N) is 2. The van der Waals surface area contributed by atoms with Gasteiger partial charge in [0.15, 0.2) is 5.82 Å². The molecule has 0 aliphatic heterocycles. The van der Waals surface area contributed by atoms with E-state index in [-0.39, 0.29) is 0 Å². The molecule has 1 saturated carbocycles. The summed E-state index contributed by atoms with van der Waals surface area (Å²) in [5.41, 5.74) is 6.82. The predicted octanol–water partition coefficient (Wildman–Crippen LogP) is 3.16. The van der Waals surface area contributed by atoms with Crippen LogP contribution >= 0.6 is 11.6 Å². The zero-order valence-corrected chi connectivity index (χ0v) is 12.0. The molecule has 1 aliphatic carbocycles. The molecule has 1 heterocycles. The number of hydrogen-bond acceptors (Lipinski definition) is 4. The Labute approximate surface area is 123 Å². The predicted molar refractivity (Wildman–Crippen MR) is 77.7 cm³/mol. The van der Waals surface area contributed by atoms with Gasteiger partial charge in [-0.3, -0.25) is 0 Å². The zero-order chi connectivity index (χ0) is 13.9. The molecule has 4 nitrogen and oxygen atoms in total. The molecule has 0 amide bonds. The molecule has 106 valence electrons. The summed E-state index contributed by atoms with van der Waals surface area (Å²) in [5.74, 6) is 2.23. The molecule has 2 aromatic rings. The summed E-state index contributed by atoms with van der Waals surface area (Å²) >= 11 is 6.15. The second kappa shape index (κ2) is 5.94. The van der Waals surface area contributed by atoms with E-state index in [1.807, 2.05) is 24.3 Å². The van der Waals surface area contributed by atoms with Crippen molar-refractivity contribution >= 4 is 11.6 Å². The van der Waals surface area contributed by atoms with Crippen molar-refractivity contribution < 1.29 is 4.52 Å². The van der Waals surface area contributed by atoms with E-state index in [1.165, 1.54) is 6.42 Å². The molecule has 3 rings (SSSR count). The number of benzene rings is 1. The second-order valence-electron chi connectivity index (χ2n) is 5.35. The average Bonchev–Trinajstić information content (AvgIpc) is 3.09. The van der Waals surface area contributed by atoms with Crippen LogP contribution in [0.2, 0.25) is 5.02 Å². The lowest BCUT2D eigenvalue weighted by Crippen LogP contribution is -2.17. The van der Waals surface area contributed by atoms with E-state index in [9.17, 15) is 0 Å². The van der Waals surface area contributed by atoms with Crippen LogP contribution in [-0.2, 0) is 6.42 Å². The van der Waals surface area contributed by atoms with Crippen molar-refractivity contribution in [3.05, 3.63) is 46.6 Å². The van der Waals surface area contributed by atoms with E-state index in [2.05, 4.69) is 10.1 Å². The van der Waals surface area contributed by atoms with Crippen molar-refractivity contribution in [2.24, 2.45) is 11.7 Å². The third-order valence-electron chi connectivity index (χ3n) is 4.07. The van der Waals surface area contributed by atoms with Gasteiger partial charge in [-0.15, -0.1) is 0 Å². The summed E-state index contributed by atoms with van der Waals surface area (Å²) < 4.78 is 5.43. The normalized spacial score (nSPS) is 22.3. The van der Waals surface area contributed by atoms with Gasteiger partial charge >= 0.3 is 0 Å². The number of nitrogens with two attached hydrogens (primary N) is 1. The zero-order valence-electron chi connectivity index (χ0n) is 11.3. The fourth-order valence-corrected chi connectivity index (χ4v) is 3.15. The van der Waals surface area contributed by atoms with Crippen molar-refractivity contribution in [1.82, 2.24) is 10.1 Å². The minimum atomic E-state index is 0.326. The van der Waals surface area contributed by atoms with Crippen molar-refractivity contribution in [3.63, 3.8) is 0 Å². The monoisotopic (exact) mass is 291 g/mol. The largest absolute Gasteiger partial charge is 0.339 e. The molecule has 0 radical (unpaired) electrons. The molecule has 1 aromatic carbocycles. The highest BCUT2D eigenvalue weighted by Crippen LogP contribution is 2.38. The topological polar surface area (TPSA) is 64.9 Å². The highest BCUT2D eigenvalue weighted by Gasteiger charge is 2.31. The van der Waals surface area contributed by atoms with Crippen LogP contribution in [0.25, 0.3) is 0 Å². The summed E-state index contributed by atoms with van der Waals surface area (Å²) in [6.07, 6.45) is 4.04. The van der Waals surface area contributed by atoms with Gasteiger partial charge in [-0.2, -0.15) is 4.98 Å². The van der Waals surface area contributed by atoms with Crippen LogP contribution in [-0.4, -0.2) is 16.7 Å². The third kappa shape index (κ3) is 2.72. The Morgan fingerprint density at radius 2 is 2.15 bits per heavy atom. The number of aromatic nitrogens is 2. The Morgan fingerprint density at radius 3 is 2.95 bits per heavy atom. The maximum Gasteiger partial charge on any atom is 0.230 e. The molecule has 0 saturated heterocycles. The van der Waals surface area contributed by atoms with Gasteiger partial charge < -0.3 is 10.3 Å². The van der Waals surface area contributed by atoms with Crippen molar-refractivity contribution in [3.8, 4) is 0 Å². The van der Waals surface area contributed by atoms with Crippen LogP contribution in [0.1, 0.15) is 42.5 Å². The fraction of sp³-hybridized carbons (Fsp3) is 0.467. The molecule has 0 bridgehead atoms. The smallest absolute Gasteiger partial charge is 0.230 e. The fourth-order valence-electron chi connectivity index (χ4n) is 2.95. The lowest BCUT2D eigenvalue weighted by Gasteiger charge is -2.12. The Bertz CT molecular complexity index is 584. The quantitative estimate of drug-likeness (QED) is 0.940. The van der Waals surface area contributed by atoms with Crippen LogP contribution in [0.4, 0.5) is 0 Å². The number of hydrogen-bond donors (Lipinski definition) is 1. The molecular weight excluding hydrogens is 274 g/mol. The van der Waals surface area contributed by atoms with E-state index in [4.69, 9.17) is 21.9 Å². The first-order valence-corrected chi connectivity index (χ1v) is 7.41. The van der Waals surface area contributed by atoms with Gasteiger partial charge in [-0.05, 0) is 36.9 Å². The number of rotatable bonds is 4. The first-order chi connectivity index (χ1) is 9.78. The summed E-state index contributed by atoms with van der Waals surface area (Å²) in [4.78, 5) is 4.53. The van der Waals surface area contributed by atoms with Crippen molar-refractivity contribution in [2.75, 3.05) is 6.54 Å². The van der Waals surface area contributed by atoms with E-state index >= 15 is 0 Å². The molecule has 1 aromatic heterocycles. The third-order valence-corrected chi connectivity index (χ3v) is 4.44. The molecular formula is C15H18ClN3O. The summed E-state index contributed by atoms with van der Waals surface area (Å²) in [6.45, 7) is 0.687. The Balaban J connectivity index is 1.76. The first kappa shape index (κ1) is 13.6. The van der Waals surface area contributed by atoms with Gasteiger partial charge in [0.2, 0.25) is 5.89 Å². The van der Waals surface area contributed by atoms with Gasteiger partial charge in [0.25, 0.3) is 0 Å². The highest BCUT2D eigenvalue weighted by atomic mass is 35.5. The second-order valence-corrected chi connectivity index (χ2v) is 5.76. The molecule has 2 N–H and O–H groups in total. The van der Waals surface area contributed by atoms with Crippen LogP contribution in [0, 0.1) is 5.92 Å². The molecule has 20 heavy (non-hydrogen) atoms. The molecule has 1 aliphatic rings. The van der Waals surface area contributed by atoms with Crippen LogP contribution in [0.3, 0.4) is 0 Å². The van der Waals surface area contributed by atoms with E-state index in [0.29, 0.717) is 30.6 Å². The highest BCUT2D eigenvalue weighted by molar-refractivity contribution is 6.31. The maximum atomic E-state index is 6.15. The van der Waals surface area contributed by atoms with Gasteiger partial charge in [-0.25, -0.2) is 0 Å². The van der Waals surface area contributed by atoms with Gasteiger partial charge in [-0.1, -0.05) is 41.4 Å². The minimum Gasteiger partial charge on any atom is -0.339 e. The first-order valence-electron chi connectivity index (χ1n) is 7.04. The lowest BCUT2D eigenvalue weighted by molar-refractivity contribution is 0.323. The minimum absolute atomic E-state index is 0.326. The van der Waals surface area contributed by atoms with Crippen LogP contribution < -0.4 is 5.73 Å².